The summed E-state index contributed by atoms with van der Waals surface area (Å²) in [6.45, 7) is 0. The highest BCUT2D eigenvalue weighted by atomic mass is 14.3. The normalized spacial score (nSPS) is 11.2. The molecule has 0 heterocycles. The first-order valence-corrected chi connectivity index (χ1v) is 27.7. The topological polar surface area (TPSA) is 0 Å². The summed E-state index contributed by atoms with van der Waals surface area (Å²) in [6, 6.07) is 120. The monoisotopic (exact) mass is 1010 g/mol. The summed E-state index contributed by atoms with van der Waals surface area (Å²) in [5.74, 6) is 0. The van der Waals surface area contributed by atoms with E-state index < -0.39 is 0 Å². The van der Waals surface area contributed by atoms with Crippen molar-refractivity contribution >= 4 is 21.5 Å². The second kappa shape index (κ2) is 21.2. The van der Waals surface area contributed by atoms with Gasteiger partial charge in [0.05, 0.1) is 0 Å². The van der Waals surface area contributed by atoms with Crippen LogP contribution in [0.3, 0.4) is 0 Å². The molecule has 0 atom stereocenters. The summed E-state index contributed by atoms with van der Waals surface area (Å²) >= 11 is 0. The van der Waals surface area contributed by atoms with Gasteiger partial charge in [-0.25, -0.2) is 0 Å². The van der Waals surface area contributed by atoms with Gasteiger partial charge in [-0.1, -0.05) is 315 Å². The maximum Gasteiger partial charge on any atom is -0.00143 e. The van der Waals surface area contributed by atoms with Crippen LogP contribution in [0.15, 0.2) is 328 Å². The van der Waals surface area contributed by atoms with E-state index >= 15 is 0 Å². The smallest absolute Gasteiger partial charge is 0.00143 e. The van der Waals surface area contributed by atoms with E-state index in [0.29, 0.717) is 0 Å². The minimum absolute atomic E-state index is 1.15. The van der Waals surface area contributed by atoms with Crippen molar-refractivity contribution in [3.05, 3.63) is 328 Å². The average molecular weight is 1020 g/mol. The summed E-state index contributed by atoms with van der Waals surface area (Å²) in [6.07, 6.45) is 0. The number of hydrogen-bond donors (Lipinski definition) is 0. The van der Waals surface area contributed by atoms with Crippen LogP contribution in [0.1, 0.15) is 0 Å². The average Bonchev–Trinajstić information content (AvgIpc) is 3.56. The fraction of sp³-hybridized carbons (Fsp3) is 0. The Kier molecular flexibility index (Phi) is 12.7. The number of fused-ring (bicyclic) bond motifs is 2. The minimum Gasteiger partial charge on any atom is -0.0622 e. The Bertz CT molecular complexity index is 4420. The highest BCUT2D eigenvalue weighted by Crippen LogP contribution is 2.55. The molecular formula is C80H54. The van der Waals surface area contributed by atoms with Crippen LogP contribution < -0.4 is 0 Å². The highest BCUT2D eigenvalue weighted by molar-refractivity contribution is 6.24. The summed E-state index contributed by atoms with van der Waals surface area (Å²) in [4.78, 5) is 0. The molecule has 0 aliphatic rings. The Morgan fingerprint density at radius 1 is 0.113 bits per heavy atom. The molecule has 14 aromatic rings. The lowest BCUT2D eigenvalue weighted by Crippen LogP contribution is -1.99. The van der Waals surface area contributed by atoms with Gasteiger partial charge >= 0.3 is 0 Å². The van der Waals surface area contributed by atoms with Gasteiger partial charge in [-0.3, -0.25) is 0 Å². The zero-order valence-electron chi connectivity index (χ0n) is 44.2. The van der Waals surface area contributed by atoms with Gasteiger partial charge in [0.15, 0.2) is 0 Å². The predicted molar refractivity (Wildman–Crippen MR) is 341 cm³/mol. The van der Waals surface area contributed by atoms with E-state index in [1.165, 1.54) is 138 Å². The zero-order chi connectivity index (χ0) is 53.2. The fourth-order valence-electron chi connectivity index (χ4n) is 12.4. The largest absolute Gasteiger partial charge is 0.0622 e. The zero-order valence-corrected chi connectivity index (χ0v) is 44.2. The lowest BCUT2D eigenvalue weighted by molar-refractivity contribution is 1.53. The first-order valence-electron chi connectivity index (χ1n) is 27.7. The number of hydrogen-bond acceptors (Lipinski definition) is 0. The Balaban J connectivity index is 1.04. The van der Waals surface area contributed by atoms with Gasteiger partial charge < -0.3 is 0 Å². The molecule has 374 valence electrons. The molecule has 0 bridgehead atoms. The van der Waals surface area contributed by atoms with Crippen LogP contribution in [0.2, 0.25) is 0 Å². The molecule has 0 saturated heterocycles. The molecule has 0 N–H and O–H groups in total. The Labute approximate surface area is 468 Å². The van der Waals surface area contributed by atoms with E-state index in [-0.39, 0.29) is 0 Å². The third-order valence-corrected chi connectivity index (χ3v) is 15.9. The molecule has 0 nitrogen and oxygen atoms in total. The highest BCUT2D eigenvalue weighted by Gasteiger charge is 2.28. The lowest BCUT2D eigenvalue weighted by Gasteiger charge is -2.26. The SMILES string of the molecule is c1ccc(-c2cc(-c3ccc(-c4c5ccccc5c(-c5cc(-c6ccccc6)c(-c6ccccc6)c(-c6ccccc6)c5-c5ccccc5)c5ccccc45)cc3)c(-c3ccccc3)c(-c3ccccc3)c2-c2ccccc2)cc1. The van der Waals surface area contributed by atoms with Crippen LogP contribution in [0, 0.1) is 0 Å². The van der Waals surface area contributed by atoms with Crippen molar-refractivity contribution in [1.82, 2.24) is 0 Å². The maximum atomic E-state index is 2.50. The molecule has 0 amide bonds. The molecule has 0 aliphatic carbocycles. The summed E-state index contributed by atoms with van der Waals surface area (Å²) < 4.78 is 0. The molecule has 80 heavy (non-hydrogen) atoms. The van der Waals surface area contributed by atoms with Crippen molar-refractivity contribution in [2.24, 2.45) is 0 Å². The second-order valence-electron chi connectivity index (χ2n) is 20.5. The molecule has 14 rings (SSSR count). The van der Waals surface area contributed by atoms with E-state index in [9.17, 15) is 0 Å². The second-order valence-corrected chi connectivity index (χ2v) is 20.5. The van der Waals surface area contributed by atoms with Crippen molar-refractivity contribution < 1.29 is 0 Å². The van der Waals surface area contributed by atoms with Crippen molar-refractivity contribution in [2.45, 2.75) is 0 Å². The number of rotatable bonds is 11. The van der Waals surface area contributed by atoms with Crippen molar-refractivity contribution in [1.29, 1.82) is 0 Å². The van der Waals surface area contributed by atoms with Crippen LogP contribution in [-0.2, 0) is 0 Å². The lowest BCUT2D eigenvalue weighted by atomic mass is 9.76. The van der Waals surface area contributed by atoms with Crippen molar-refractivity contribution in [3.63, 3.8) is 0 Å². The van der Waals surface area contributed by atoms with Gasteiger partial charge in [0, 0.05) is 0 Å². The molecule has 0 radical (unpaired) electrons. The van der Waals surface area contributed by atoms with Gasteiger partial charge in [-0.05, 0) is 156 Å². The molecule has 0 aromatic heterocycles. The quantitative estimate of drug-likeness (QED) is 0.113. The molecule has 14 aromatic carbocycles. The van der Waals surface area contributed by atoms with Gasteiger partial charge in [-0.2, -0.15) is 0 Å². The minimum atomic E-state index is 1.15. The van der Waals surface area contributed by atoms with Crippen LogP contribution >= 0.6 is 0 Å². The van der Waals surface area contributed by atoms with E-state index in [1.54, 1.807) is 0 Å². The van der Waals surface area contributed by atoms with E-state index in [4.69, 9.17) is 0 Å². The fourth-order valence-corrected chi connectivity index (χ4v) is 12.4. The van der Waals surface area contributed by atoms with Crippen molar-refractivity contribution in [2.75, 3.05) is 0 Å². The Morgan fingerprint density at radius 2 is 0.300 bits per heavy atom. The molecular weight excluding hydrogens is 961 g/mol. The van der Waals surface area contributed by atoms with Gasteiger partial charge in [0.2, 0.25) is 0 Å². The van der Waals surface area contributed by atoms with Gasteiger partial charge in [0.25, 0.3) is 0 Å². The summed E-state index contributed by atoms with van der Waals surface area (Å²) in [5, 5.41) is 4.82. The first-order chi connectivity index (χ1) is 39.8. The standard InChI is InChI=1S/C80H54/c1-9-29-55(30-10-1)69-53-70(75(59-35-15-4-16-36-59)78(62-41-21-7-22-42-62)74(69)58-33-13-3-14-34-58)57-49-51-64(52-50-57)73-65-45-25-27-47-67(65)80(68-48-28-26-46-66(68)73)72-54-71(56-31-11-2-12-32-56)76(60-37-17-5-18-38-60)79(63-43-23-8-24-44-63)77(72)61-39-19-6-20-40-61/h1-54H. The van der Waals surface area contributed by atoms with Crippen LogP contribution in [0.25, 0.3) is 144 Å². The molecule has 0 spiro atoms. The molecule has 0 heteroatoms. The number of benzene rings is 14. The maximum absolute atomic E-state index is 2.50. The molecule has 0 aliphatic heterocycles. The van der Waals surface area contributed by atoms with Gasteiger partial charge in [0.1, 0.15) is 0 Å². The molecule has 0 saturated carbocycles. The third kappa shape index (κ3) is 8.70. The molecule has 0 unspecified atom stereocenters. The summed E-state index contributed by atoms with van der Waals surface area (Å²) in [5.41, 5.74) is 26.2. The molecule has 0 fully saturated rings. The van der Waals surface area contributed by atoms with Crippen LogP contribution in [-0.4, -0.2) is 0 Å². The Hall–Kier alpha value is -10.4. The third-order valence-electron chi connectivity index (χ3n) is 15.9. The van der Waals surface area contributed by atoms with Crippen LogP contribution in [0.5, 0.6) is 0 Å². The van der Waals surface area contributed by atoms with Gasteiger partial charge in [-0.15, -0.1) is 0 Å². The van der Waals surface area contributed by atoms with Crippen LogP contribution in [0.4, 0.5) is 0 Å². The van der Waals surface area contributed by atoms with E-state index in [1.807, 2.05) is 0 Å². The summed E-state index contributed by atoms with van der Waals surface area (Å²) in [7, 11) is 0. The van der Waals surface area contributed by atoms with E-state index in [2.05, 4.69) is 328 Å². The predicted octanol–water partition coefficient (Wildman–Crippen LogP) is 22.3. The van der Waals surface area contributed by atoms with Crippen molar-refractivity contribution in [3.8, 4) is 122 Å². The Morgan fingerprint density at radius 3 is 0.600 bits per heavy atom. The van der Waals surface area contributed by atoms with E-state index in [0.717, 1.165) is 5.56 Å². The first kappa shape index (κ1) is 48.0.